The molecule has 0 bridgehead atoms. The van der Waals surface area contributed by atoms with Crippen molar-refractivity contribution in [2.24, 2.45) is 10.9 Å². The number of nitrogens with one attached hydrogen (secondary N) is 1. The van der Waals surface area contributed by atoms with Crippen LogP contribution < -0.4 is 5.32 Å². The number of benzene rings is 3. The Morgan fingerprint density at radius 2 is 1.62 bits per heavy atom. The van der Waals surface area contributed by atoms with E-state index in [1.807, 2.05) is 54.6 Å². The fraction of sp³-hybridized carbons (Fsp3) is 0.200. The van der Waals surface area contributed by atoms with Gasteiger partial charge in [-0.25, -0.2) is 0 Å². The summed E-state index contributed by atoms with van der Waals surface area (Å²) in [6.07, 6.45) is 1.26. The smallest absolute Gasteiger partial charge is 0.144 e. The van der Waals surface area contributed by atoms with Crippen LogP contribution in [-0.4, -0.2) is 16.6 Å². The number of fused-ring (bicyclic) bond motifs is 2. The number of carbonyl (C=O) groups is 1. The number of aliphatic imine (C=N–C) groups is 1. The summed E-state index contributed by atoms with van der Waals surface area (Å²) in [6, 6.07) is 25.0. The van der Waals surface area contributed by atoms with Crippen LogP contribution in [0.5, 0.6) is 5.75 Å². The maximum atomic E-state index is 13.4. The van der Waals surface area contributed by atoms with Crippen molar-refractivity contribution < 1.29 is 9.90 Å². The molecule has 4 heteroatoms. The number of Topliss-reactive ketones (excluding diaryl/α,β-unsaturated/α-hetero) is 1. The Kier molecular flexibility index (Phi) is 4.39. The van der Waals surface area contributed by atoms with Crippen molar-refractivity contribution >= 4 is 22.9 Å². The lowest BCUT2D eigenvalue weighted by molar-refractivity contribution is -0.122. The molecule has 3 aromatic carbocycles. The van der Waals surface area contributed by atoms with Crippen LogP contribution in [0.1, 0.15) is 35.9 Å². The zero-order valence-corrected chi connectivity index (χ0v) is 16.0. The van der Waals surface area contributed by atoms with Gasteiger partial charge in [-0.05, 0) is 47.7 Å². The van der Waals surface area contributed by atoms with Gasteiger partial charge in [-0.15, -0.1) is 0 Å². The number of phenols is 1. The first-order valence-corrected chi connectivity index (χ1v) is 9.98. The molecule has 0 radical (unpaired) electrons. The topological polar surface area (TPSA) is 61.7 Å². The molecule has 29 heavy (non-hydrogen) atoms. The van der Waals surface area contributed by atoms with Gasteiger partial charge in [0.15, 0.2) is 0 Å². The minimum atomic E-state index is -0.343. The van der Waals surface area contributed by atoms with Crippen molar-refractivity contribution in [3.05, 3.63) is 90.0 Å². The Morgan fingerprint density at radius 1 is 0.862 bits per heavy atom. The maximum Gasteiger partial charge on any atom is 0.144 e. The van der Waals surface area contributed by atoms with E-state index >= 15 is 0 Å². The summed E-state index contributed by atoms with van der Waals surface area (Å²) in [5.41, 5.74) is 4.76. The van der Waals surface area contributed by atoms with Crippen LogP contribution in [0.4, 0.5) is 11.4 Å². The summed E-state index contributed by atoms with van der Waals surface area (Å²) in [5.74, 6) is 0.196. The summed E-state index contributed by atoms with van der Waals surface area (Å²) in [6.45, 7) is 0. The number of phenolic OH excluding ortho intramolecular Hbond substituents is 1. The fourth-order valence-electron chi connectivity index (χ4n) is 4.55. The molecule has 2 N–H and O–H groups in total. The number of rotatable bonds is 2. The number of ketones is 1. The van der Waals surface area contributed by atoms with Crippen molar-refractivity contribution in [3.8, 4) is 5.75 Å². The highest BCUT2D eigenvalue weighted by Crippen LogP contribution is 2.44. The van der Waals surface area contributed by atoms with Gasteiger partial charge in [0.05, 0.1) is 23.3 Å². The molecule has 0 spiro atoms. The summed E-state index contributed by atoms with van der Waals surface area (Å²) >= 11 is 0. The molecule has 1 unspecified atom stereocenters. The largest absolute Gasteiger partial charge is 0.508 e. The highest BCUT2D eigenvalue weighted by atomic mass is 16.3. The molecular weight excluding hydrogens is 360 g/mol. The van der Waals surface area contributed by atoms with Gasteiger partial charge in [-0.3, -0.25) is 9.79 Å². The first kappa shape index (κ1) is 17.7. The summed E-state index contributed by atoms with van der Waals surface area (Å²) in [5, 5.41) is 13.6. The second-order valence-electron chi connectivity index (χ2n) is 7.80. The van der Waals surface area contributed by atoms with Gasteiger partial charge in [0.2, 0.25) is 0 Å². The lowest BCUT2D eigenvalue weighted by atomic mass is 9.72. The molecule has 4 nitrogen and oxygen atoms in total. The number of para-hydroxylation sites is 2. The zero-order chi connectivity index (χ0) is 19.8. The van der Waals surface area contributed by atoms with Crippen LogP contribution in [0.3, 0.4) is 0 Å². The van der Waals surface area contributed by atoms with Crippen molar-refractivity contribution in [2.75, 3.05) is 5.32 Å². The first-order chi connectivity index (χ1) is 14.2. The SMILES string of the molecule is O=C1C[C@H](c2ccccc2)CC2=Nc3ccccc3N[C@@H](c3cccc(O)c3)C12. The molecule has 1 fully saturated rings. The van der Waals surface area contributed by atoms with E-state index in [9.17, 15) is 9.90 Å². The Labute approximate surface area is 169 Å². The second-order valence-corrected chi connectivity index (χ2v) is 7.80. The average molecular weight is 382 g/mol. The fourth-order valence-corrected chi connectivity index (χ4v) is 4.55. The minimum Gasteiger partial charge on any atom is -0.508 e. The number of nitrogens with zero attached hydrogens (tertiary/aromatic N) is 1. The van der Waals surface area contributed by atoms with E-state index < -0.39 is 0 Å². The maximum absolute atomic E-state index is 13.4. The third-order valence-electron chi connectivity index (χ3n) is 5.92. The molecule has 1 aliphatic heterocycles. The Bertz CT molecular complexity index is 1090. The summed E-state index contributed by atoms with van der Waals surface area (Å²) < 4.78 is 0. The Balaban J connectivity index is 1.61. The normalized spacial score (nSPS) is 23.2. The minimum absolute atomic E-state index is 0.147. The lowest BCUT2D eigenvalue weighted by Crippen LogP contribution is -2.38. The molecule has 2 aliphatic rings. The van der Waals surface area contributed by atoms with E-state index in [2.05, 4.69) is 17.4 Å². The predicted molar refractivity (Wildman–Crippen MR) is 115 cm³/mol. The molecule has 5 rings (SSSR count). The van der Waals surface area contributed by atoms with Crippen LogP contribution in [0.25, 0.3) is 0 Å². The zero-order valence-electron chi connectivity index (χ0n) is 16.0. The molecule has 0 saturated heterocycles. The average Bonchev–Trinajstić information content (AvgIpc) is 2.91. The van der Waals surface area contributed by atoms with Gasteiger partial charge >= 0.3 is 0 Å². The van der Waals surface area contributed by atoms with Gasteiger partial charge in [-0.1, -0.05) is 54.6 Å². The van der Waals surface area contributed by atoms with Crippen molar-refractivity contribution in [2.45, 2.75) is 24.8 Å². The van der Waals surface area contributed by atoms with E-state index in [0.29, 0.717) is 6.42 Å². The lowest BCUT2D eigenvalue weighted by Gasteiger charge is -2.34. The van der Waals surface area contributed by atoms with Crippen LogP contribution in [0.15, 0.2) is 83.9 Å². The summed E-state index contributed by atoms with van der Waals surface area (Å²) in [4.78, 5) is 18.4. The van der Waals surface area contributed by atoms with Gasteiger partial charge in [0, 0.05) is 12.1 Å². The van der Waals surface area contributed by atoms with E-state index in [1.165, 1.54) is 5.56 Å². The first-order valence-electron chi connectivity index (χ1n) is 9.98. The predicted octanol–water partition coefficient (Wildman–Crippen LogP) is 5.39. The van der Waals surface area contributed by atoms with Crippen LogP contribution in [0, 0.1) is 5.92 Å². The number of carbonyl (C=O) groups excluding carboxylic acids is 1. The molecule has 144 valence electrons. The Morgan fingerprint density at radius 3 is 2.45 bits per heavy atom. The van der Waals surface area contributed by atoms with Gasteiger partial charge in [0.1, 0.15) is 11.5 Å². The third-order valence-corrected chi connectivity index (χ3v) is 5.92. The molecule has 0 aromatic heterocycles. The summed E-state index contributed by atoms with van der Waals surface area (Å²) in [7, 11) is 0. The van der Waals surface area contributed by atoms with Gasteiger partial charge in [-0.2, -0.15) is 0 Å². The molecule has 3 atom stereocenters. The molecule has 1 aliphatic carbocycles. The van der Waals surface area contributed by atoms with E-state index in [4.69, 9.17) is 4.99 Å². The van der Waals surface area contributed by atoms with Crippen molar-refractivity contribution in [1.82, 2.24) is 0 Å². The van der Waals surface area contributed by atoms with Gasteiger partial charge < -0.3 is 10.4 Å². The van der Waals surface area contributed by atoms with Crippen molar-refractivity contribution in [3.63, 3.8) is 0 Å². The van der Waals surface area contributed by atoms with Crippen LogP contribution >= 0.6 is 0 Å². The van der Waals surface area contributed by atoms with E-state index in [1.54, 1.807) is 12.1 Å². The number of aromatic hydroxyl groups is 1. The molecule has 0 amide bonds. The third kappa shape index (κ3) is 3.31. The number of hydrogen-bond acceptors (Lipinski definition) is 4. The van der Waals surface area contributed by atoms with Gasteiger partial charge in [0.25, 0.3) is 0 Å². The number of anilines is 1. The molecule has 1 heterocycles. The van der Waals surface area contributed by atoms with Crippen LogP contribution in [0.2, 0.25) is 0 Å². The van der Waals surface area contributed by atoms with E-state index in [0.717, 1.165) is 29.1 Å². The highest BCUT2D eigenvalue weighted by molar-refractivity contribution is 6.10. The Hall–Kier alpha value is -3.40. The van der Waals surface area contributed by atoms with E-state index in [-0.39, 0.29) is 29.4 Å². The highest BCUT2D eigenvalue weighted by Gasteiger charge is 2.41. The monoisotopic (exact) mass is 382 g/mol. The molecule has 3 aromatic rings. The quantitative estimate of drug-likeness (QED) is 0.624. The standard InChI is InChI=1S/C25H22N2O2/c28-19-10-6-9-17(13-19)25-24-22(26-20-11-4-5-12-21(20)27-25)14-18(15-23(24)29)16-7-2-1-3-8-16/h1-13,18,24-25,27-28H,14-15H2/t18-,24?,25+/m1/s1. The number of hydrogen-bond donors (Lipinski definition) is 2. The molecular formula is C25H22N2O2. The van der Waals surface area contributed by atoms with Crippen molar-refractivity contribution in [1.29, 1.82) is 0 Å². The second kappa shape index (κ2) is 7.21. The molecule has 1 saturated carbocycles. The van der Waals surface area contributed by atoms with Crippen LogP contribution in [-0.2, 0) is 4.79 Å².